The maximum absolute atomic E-state index is 12.6. The molecule has 0 bridgehead atoms. The molecule has 1 aliphatic rings. The van der Waals surface area contributed by atoms with Crippen molar-refractivity contribution in [2.24, 2.45) is 5.92 Å². The van der Waals surface area contributed by atoms with Gasteiger partial charge in [-0.1, -0.05) is 0 Å². The zero-order valence-corrected chi connectivity index (χ0v) is 11.2. The number of halogens is 3. The molecule has 8 heteroatoms. The molecule has 0 radical (unpaired) electrons. The molecule has 0 aromatic carbocycles. The fraction of sp³-hybridized carbons (Fsp3) is 0.500. The number of hydrogen-bond donors (Lipinski definition) is 2. The third-order valence-electron chi connectivity index (χ3n) is 3.00. The zero-order valence-electron chi connectivity index (χ0n) is 10.4. The Hall–Kier alpha value is -1.44. The van der Waals surface area contributed by atoms with Crippen LogP contribution in [0.15, 0.2) is 12.1 Å². The molecule has 0 saturated carbocycles. The van der Waals surface area contributed by atoms with E-state index in [4.69, 9.17) is 5.11 Å². The lowest BCUT2D eigenvalue weighted by Crippen LogP contribution is -2.18. The van der Waals surface area contributed by atoms with Gasteiger partial charge in [0.15, 0.2) is 0 Å². The van der Waals surface area contributed by atoms with Gasteiger partial charge >= 0.3 is 12.1 Å². The molecule has 1 aromatic heterocycles. The van der Waals surface area contributed by atoms with Gasteiger partial charge in [0.25, 0.3) is 0 Å². The van der Waals surface area contributed by atoms with Crippen LogP contribution in [0.2, 0.25) is 0 Å². The molecule has 1 saturated heterocycles. The maximum Gasteiger partial charge on any atom is 0.433 e. The highest BCUT2D eigenvalue weighted by molar-refractivity contribution is 7.99. The molecule has 4 nitrogen and oxygen atoms in total. The predicted molar refractivity (Wildman–Crippen MR) is 70.1 cm³/mol. The van der Waals surface area contributed by atoms with E-state index in [1.807, 2.05) is 0 Å². The quantitative estimate of drug-likeness (QED) is 0.895. The van der Waals surface area contributed by atoms with Crippen molar-refractivity contribution in [1.82, 2.24) is 4.98 Å². The van der Waals surface area contributed by atoms with Crippen LogP contribution in [0.25, 0.3) is 0 Å². The Morgan fingerprint density at radius 2 is 2.25 bits per heavy atom. The fourth-order valence-corrected chi connectivity index (χ4v) is 3.19. The molecule has 110 valence electrons. The standard InChI is InChI=1S/C12H13F3N2O2S/c13-12(14,15)9-2-1-8(11(18)19)10(17-9)16-5-7-3-4-20-6-7/h1-2,7H,3-6H2,(H,16,17)(H,18,19). The Morgan fingerprint density at radius 1 is 1.50 bits per heavy atom. The number of rotatable bonds is 4. The molecule has 0 spiro atoms. The van der Waals surface area contributed by atoms with Gasteiger partial charge in [-0.3, -0.25) is 0 Å². The smallest absolute Gasteiger partial charge is 0.433 e. The van der Waals surface area contributed by atoms with Crippen LogP contribution in [0.5, 0.6) is 0 Å². The largest absolute Gasteiger partial charge is 0.478 e. The number of carboxylic acid groups (broad SMARTS) is 1. The lowest BCUT2D eigenvalue weighted by molar-refractivity contribution is -0.141. The maximum atomic E-state index is 12.6. The van der Waals surface area contributed by atoms with E-state index < -0.39 is 17.8 Å². The Balaban J connectivity index is 2.20. The second-order valence-corrected chi connectivity index (χ2v) is 5.66. The lowest BCUT2D eigenvalue weighted by atomic mass is 10.1. The highest BCUT2D eigenvalue weighted by Gasteiger charge is 2.33. The van der Waals surface area contributed by atoms with Gasteiger partial charge < -0.3 is 10.4 Å². The van der Waals surface area contributed by atoms with Crippen LogP contribution in [0, 0.1) is 5.92 Å². The zero-order chi connectivity index (χ0) is 14.8. The summed E-state index contributed by atoms with van der Waals surface area (Å²) >= 11 is 1.78. The minimum Gasteiger partial charge on any atom is -0.478 e. The molecule has 2 rings (SSSR count). The summed E-state index contributed by atoms with van der Waals surface area (Å²) in [6.07, 6.45) is -3.62. The monoisotopic (exact) mass is 306 g/mol. The van der Waals surface area contributed by atoms with E-state index in [9.17, 15) is 18.0 Å². The Labute approximate surface area is 117 Å². The second kappa shape index (κ2) is 5.90. The lowest BCUT2D eigenvalue weighted by Gasteiger charge is -2.14. The number of anilines is 1. The number of carbonyl (C=O) groups is 1. The summed E-state index contributed by atoms with van der Waals surface area (Å²) in [5.74, 6) is 0.763. The second-order valence-electron chi connectivity index (χ2n) is 4.51. The number of thioether (sulfide) groups is 1. The summed E-state index contributed by atoms with van der Waals surface area (Å²) in [6, 6.07) is 1.62. The van der Waals surface area contributed by atoms with Crippen molar-refractivity contribution in [1.29, 1.82) is 0 Å². The fourth-order valence-electron chi connectivity index (χ4n) is 1.91. The Bertz CT molecular complexity index is 502. The van der Waals surface area contributed by atoms with Crippen molar-refractivity contribution in [3.63, 3.8) is 0 Å². The summed E-state index contributed by atoms with van der Waals surface area (Å²) in [5, 5.41) is 11.7. The van der Waals surface area contributed by atoms with Crippen LogP contribution in [-0.2, 0) is 6.18 Å². The van der Waals surface area contributed by atoms with Crippen molar-refractivity contribution in [3.05, 3.63) is 23.4 Å². The first kappa shape index (κ1) is 15.0. The summed E-state index contributed by atoms with van der Waals surface area (Å²) in [6.45, 7) is 0.432. The molecule has 0 amide bonds. The number of aromatic nitrogens is 1. The van der Waals surface area contributed by atoms with Crippen LogP contribution < -0.4 is 5.32 Å². The van der Waals surface area contributed by atoms with E-state index in [2.05, 4.69) is 10.3 Å². The first-order valence-corrected chi connectivity index (χ1v) is 7.16. The summed E-state index contributed by atoms with van der Waals surface area (Å²) in [7, 11) is 0. The van der Waals surface area contributed by atoms with Crippen molar-refractivity contribution >= 4 is 23.5 Å². The topological polar surface area (TPSA) is 62.2 Å². The number of pyridine rings is 1. The minimum absolute atomic E-state index is 0.218. The molecule has 2 N–H and O–H groups in total. The minimum atomic E-state index is -4.59. The van der Waals surface area contributed by atoms with Crippen molar-refractivity contribution in [2.75, 3.05) is 23.4 Å². The van der Waals surface area contributed by atoms with E-state index in [1.165, 1.54) is 0 Å². The number of nitrogens with zero attached hydrogens (tertiary/aromatic N) is 1. The van der Waals surface area contributed by atoms with Crippen LogP contribution in [0.3, 0.4) is 0 Å². The van der Waals surface area contributed by atoms with Crippen LogP contribution in [0.1, 0.15) is 22.5 Å². The molecular formula is C12H13F3N2O2S. The molecule has 0 aliphatic carbocycles. The summed E-state index contributed by atoms with van der Waals surface area (Å²) < 4.78 is 37.8. The third kappa shape index (κ3) is 3.56. The van der Waals surface area contributed by atoms with Crippen molar-refractivity contribution in [3.8, 4) is 0 Å². The molecule has 2 heterocycles. The van der Waals surface area contributed by atoms with E-state index >= 15 is 0 Å². The average molecular weight is 306 g/mol. The van der Waals surface area contributed by atoms with Gasteiger partial charge in [-0.05, 0) is 36.0 Å². The summed E-state index contributed by atoms with van der Waals surface area (Å²) in [5.41, 5.74) is -1.34. The van der Waals surface area contributed by atoms with Gasteiger partial charge in [0.05, 0.1) is 0 Å². The van der Waals surface area contributed by atoms with Gasteiger partial charge in [-0.2, -0.15) is 24.9 Å². The normalized spacial score (nSPS) is 19.1. The van der Waals surface area contributed by atoms with E-state index in [1.54, 1.807) is 11.8 Å². The van der Waals surface area contributed by atoms with Crippen LogP contribution in [-0.4, -0.2) is 34.1 Å². The highest BCUT2D eigenvalue weighted by atomic mass is 32.2. The summed E-state index contributed by atoms with van der Waals surface area (Å²) in [4.78, 5) is 14.4. The van der Waals surface area contributed by atoms with E-state index in [0.717, 1.165) is 24.0 Å². The first-order valence-electron chi connectivity index (χ1n) is 6.01. The molecule has 20 heavy (non-hydrogen) atoms. The molecule has 1 aliphatic heterocycles. The predicted octanol–water partition coefficient (Wildman–Crippen LogP) is 2.96. The number of carboxylic acids is 1. The first-order chi connectivity index (χ1) is 9.38. The third-order valence-corrected chi connectivity index (χ3v) is 4.23. The molecule has 1 fully saturated rings. The number of nitrogens with one attached hydrogen (secondary N) is 1. The Kier molecular flexibility index (Phi) is 4.42. The van der Waals surface area contributed by atoms with Crippen molar-refractivity contribution < 1.29 is 23.1 Å². The molecule has 1 aromatic rings. The highest BCUT2D eigenvalue weighted by Crippen LogP contribution is 2.30. The van der Waals surface area contributed by atoms with Gasteiger partial charge in [0, 0.05) is 6.54 Å². The van der Waals surface area contributed by atoms with E-state index in [0.29, 0.717) is 18.5 Å². The number of aromatic carboxylic acids is 1. The number of hydrogen-bond acceptors (Lipinski definition) is 4. The van der Waals surface area contributed by atoms with Crippen LogP contribution >= 0.6 is 11.8 Å². The van der Waals surface area contributed by atoms with Crippen LogP contribution in [0.4, 0.5) is 19.0 Å². The number of alkyl halides is 3. The molecule has 1 atom stereocenters. The molecular weight excluding hydrogens is 293 g/mol. The van der Waals surface area contributed by atoms with Gasteiger partial charge in [0.1, 0.15) is 17.1 Å². The Morgan fingerprint density at radius 3 is 2.80 bits per heavy atom. The van der Waals surface area contributed by atoms with Gasteiger partial charge in [-0.15, -0.1) is 0 Å². The van der Waals surface area contributed by atoms with E-state index in [-0.39, 0.29) is 11.4 Å². The SMILES string of the molecule is O=C(O)c1ccc(C(F)(F)F)nc1NCC1CCSC1. The molecule has 1 unspecified atom stereocenters. The van der Waals surface area contributed by atoms with Crippen molar-refractivity contribution in [2.45, 2.75) is 12.6 Å². The average Bonchev–Trinajstić information content (AvgIpc) is 2.87. The van der Waals surface area contributed by atoms with Gasteiger partial charge in [-0.25, -0.2) is 9.78 Å². The van der Waals surface area contributed by atoms with Gasteiger partial charge in [0.2, 0.25) is 0 Å².